The number of halogens is 6. The Hall–Kier alpha value is -3.18. The van der Waals surface area contributed by atoms with Gasteiger partial charge in [0.25, 0.3) is 0 Å². The molecule has 162 valence electrons. The number of nitrogens with one attached hydrogen (secondary N) is 1. The third-order valence-corrected chi connectivity index (χ3v) is 4.30. The second kappa shape index (κ2) is 8.28. The zero-order valence-corrected chi connectivity index (χ0v) is 15.3. The minimum atomic E-state index is -4.81. The summed E-state index contributed by atoms with van der Waals surface area (Å²) < 4.78 is 78.8. The Morgan fingerprint density at radius 2 is 1.60 bits per heavy atom. The van der Waals surface area contributed by atoms with Gasteiger partial charge < -0.3 is 19.9 Å². The maximum Gasteiger partial charge on any atom is 0.573 e. The molecule has 1 aromatic heterocycles. The van der Waals surface area contributed by atoms with E-state index in [2.05, 4.69) is 15.0 Å². The molecule has 0 spiro atoms. The molecule has 2 amide bonds. The molecule has 1 aromatic carbocycles. The number of pyridine rings is 1. The molecule has 0 radical (unpaired) electrons. The number of hydrogen-bond acceptors (Lipinski definition) is 4. The lowest BCUT2D eigenvalue weighted by atomic mass is 10.2. The van der Waals surface area contributed by atoms with E-state index >= 15 is 0 Å². The van der Waals surface area contributed by atoms with Crippen LogP contribution in [0.15, 0.2) is 42.6 Å². The first kappa shape index (κ1) is 21.5. The fourth-order valence-corrected chi connectivity index (χ4v) is 2.85. The summed E-state index contributed by atoms with van der Waals surface area (Å²) in [6.07, 6.45) is -8.19. The predicted molar refractivity (Wildman–Crippen MR) is 95.2 cm³/mol. The summed E-state index contributed by atoms with van der Waals surface area (Å²) in [5, 5.41) is 2.55. The minimum Gasteiger partial charge on any atom is -0.406 e. The number of hydrogen-bond donors (Lipinski definition) is 1. The van der Waals surface area contributed by atoms with Crippen molar-refractivity contribution in [2.24, 2.45) is 0 Å². The highest BCUT2D eigenvalue weighted by Gasteiger charge is 2.32. The van der Waals surface area contributed by atoms with Gasteiger partial charge in [0.05, 0.1) is 5.56 Å². The largest absolute Gasteiger partial charge is 0.573 e. The number of rotatable bonds is 3. The Morgan fingerprint density at radius 1 is 0.967 bits per heavy atom. The van der Waals surface area contributed by atoms with Gasteiger partial charge in [-0.05, 0) is 36.4 Å². The van der Waals surface area contributed by atoms with Crippen molar-refractivity contribution in [1.82, 2.24) is 9.88 Å². The van der Waals surface area contributed by atoms with Gasteiger partial charge in [-0.2, -0.15) is 13.2 Å². The van der Waals surface area contributed by atoms with Crippen LogP contribution in [0.3, 0.4) is 0 Å². The van der Waals surface area contributed by atoms with Gasteiger partial charge in [0.1, 0.15) is 11.6 Å². The van der Waals surface area contributed by atoms with Crippen molar-refractivity contribution < 1.29 is 35.9 Å². The molecule has 0 unspecified atom stereocenters. The summed E-state index contributed by atoms with van der Waals surface area (Å²) in [7, 11) is 0. The van der Waals surface area contributed by atoms with Crippen LogP contribution >= 0.6 is 0 Å². The Morgan fingerprint density at radius 3 is 2.17 bits per heavy atom. The molecule has 1 N–H and O–H groups in total. The number of anilines is 2. The molecule has 2 heterocycles. The molecule has 30 heavy (non-hydrogen) atoms. The van der Waals surface area contributed by atoms with Crippen molar-refractivity contribution >= 4 is 17.5 Å². The van der Waals surface area contributed by atoms with Crippen LogP contribution in [0.4, 0.5) is 42.6 Å². The molecule has 0 aliphatic carbocycles. The first-order valence-electron chi connectivity index (χ1n) is 8.71. The van der Waals surface area contributed by atoms with Gasteiger partial charge >= 0.3 is 18.6 Å². The summed E-state index contributed by atoms with van der Waals surface area (Å²) in [5.41, 5.74) is -0.526. The number of benzene rings is 1. The summed E-state index contributed by atoms with van der Waals surface area (Å²) in [4.78, 5) is 19.4. The van der Waals surface area contributed by atoms with Crippen LogP contribution in [0.1, 0.15) is 5.56 Å². The quantitative estimate of drug-likeness (QED) is 0.730. The lowest BCUT2D eigenvalue weighted by Crippen LogP contribution is -2.50. The van der Waals surface area contributed by atoms with Crippen LogP contribution in [0.25, 0.3) is 0 Å². The third kappa shape index (κ3) is 5.67. The SMILES string of the molecule is O=C(Nc1ccc(OC(F)(F)F)cc1)N1CCN(c2cc(C(F)(F)F)ccn2)CC1. The Balaban J connectivity index is 1.54. The lowest BCUT2D eigenvalue weighted by molar-refractivity contribution is -0.274. The summed E-state index contributed by atoms with van der Waals surface area (Å²) >= 11 is 0. The van der Waals surface area contributed by atoms with Gasteiger partial charge in [0.15, 0.2) is 0 Å². The Bertz CT molecular complexity index is 877. The molecule has 0 bridgehead atoms. The van der Waals surface area contributed by atoms with E-state index in [-0.39, 0.29) is 37.7 Å². The normalized spacial score (nSPS) is 15.1. The van der Waals surface area contributed by atoms with E-state index in [4.69, 9.17) is 0 Å². The number of urea groups is 1. The second-order valence-corrected chi connectivity index (χ2v) is 6.38. The third-order valence-electron chi connectivity index (χ3n) is 4.30. The molecule has 0 atom stereocenters. The minimum absolute atomic E-state index is 0.171. The predicted octanol–water partition coefficient (Wildman–Crippen LogP) is 4.35. The highest BCUT2D eigenvalue weighted by atomic mass is 19.4. The molecule has 3 rings (SSSR count). The summed E-state index contributed by atoms with van der Waals surface area (Å²) in [6.45, 7) is 1.03. The van der Waals surface area contributed by atoms with E-state index in [1.54, 1.807) is 4.90 Å². The number of aromatic nitrogens is 1. The first-order valence-corrected chi connectivity index (χ1v) is 8.71. The van der Waals surface area contributed by atoms with Crippen LogP contribution in [0, 0.1) is 0 Å². The molecule has 2 aromatic rings. The number of alkyl halides is 6. The van der Waals surface area contributed by atoms with Crippen molar-refractivity contribution in [1.29, 1.82) is 0 Å². The maximum absolute atomic E-state index is 12.8. The summed E-state index contributed by atoms with van der Waals surface area (Å²) in [6, 6.07) is 6.04. The van der Waals surface area contributed by atoms with E-state index < -0.39 is 29.9 Å². The van der Waals surface area contributed by atoms with Crippen LogP contribution in [-0.4, -0.2) is 48.5 Å². The highest BCUT2D eigenvalue weighted by molar-refractivity contribution is 5.89. The average Bonchev–Trinajstić information content (AvgIpc) is 2.68. The molecule has 1 aliphatic rings. The van der Waals surface area contributed by atoms with Crippen LogP contribution in [0.5, 0.6) is 5.75 Å². The molecular formula is C18H16F6N4O2. The standard InChI is InChI=1S/C18H16F6N4O2/c19-17(20,21)12-5-6-25-15(11-12)27-7-9-28(10-8-27)16(29)26-13-1-3-14(4-2-13)30-18(22,23)24/h1-6,11H,7-10H2,(H,26,29). The van der Waals surface area contributed by atoms with Gasteiger partial charge in [-0.3, -0.25) is 0 Å². The fourth-order valence-electron chi connectivity index (χ4n) is 2.85. The topological polar surface area (TPSA) is 57.7 Å². The zero-order chi connectivity index (χ0) is 21.9. The van der Waals surface area contributed by atoms with Crippen molar-refractivity contribution in [2.75, 3.05) is 36.4 Å². The Labute approximate surface area is 167 Å². The smallest absolute Gasteiger partial charge is 0.406 e. The summed E-state index contributed by atoms with van der Waals surface area (Å²) in [5.74, 6) is -0.243. The maximum atomic E-state index is 12.8. The van der Waals surface area contributed by atoms with E-state index in [0.717, 1.165) is 30.5 Å². The second-order valence-electron chi connectivity index (χ2n) is 6.38. The number of amides is 2. The molecule has 12 heteroatoms. The van der Waals surface area contributed by atoms with E-state index in [9.17, 15) is 31.1 Å². The van der Waals surface area contributed by atoms with Crippen LogP contribution in [0.2, 0.25) is 0 Å². The molecular weight excluding hydrogens is 418 g/mol. The molecule has 1 aliphatic heterocycles. The number of piperazine rings is 1. The molecule has 0 saturated carbocycles. The fraction of sp³-hybridized carbons (Fsp3) is 0.333. The van der Waals surface area contributed by atoms with Crippen LogP contribution in [-0.2, 0) is 6.18 Å². The van der Waals surface area contributed by atoms with Crippen molar-refractivity contribution in [3.63, 3.8) is 0 Å². The van der Waals surface area contributed by atoms with Gasteiger partial charge in [-0.1, -0.05) is 0 Å². The number of nitrogens with zero attached hydrogens (tertiary/aromatic N) is 3. The molecule has 1 fully saturated rings. The van der Waals surface area contributed by atoms with Crippen molar-refractivity contribution in [2.45, 2.75) is 12.5 Å². The number of carbonyl (C=O) groups is 1. The first-order chi connectivity index (χ1) is 14.0. The number of ether oxygens (including phenoxy) is 1. The van der Waals surface area contributed by atoms with Gasteiger partial charge in [-0.15, -0.1) is 13.2 Å². The average molecular weight is 434 g/mol. The lowest BCUT2D eigenvalue weighted by Gasteiger charge is -2.35. The van der Waals surface area contributed by atoms with Crippen molar-refractivity contribution in [3.05, 3.63) is 48.2 Å². The van der Waals surface area contributed by atoms with Gasteiger partial charge in [-0.25, -0.2) is 9.78 Å². The van der Waals surface area contributed by atoms with Crippen molar-refractivity contribution in [3.8, 4) is 5.75 Å². The molecule has 6 nitrogen and oxygen atoms in total. The zero-order valence-electron chi connectivity index (χ0n) is 15.3. The van der Waals surface area contributed by atoms with E-state index in [1.807, 2.05) is 0 Å². The van der Waals surface area contributed by atoms with E-state index in [0.29, 0.717) is 0 Å². The number of carbonyl (C=O) groups excluding carboxylic acids is 1. The van der Waals surface area contributed by atoms with Crippen LogP contribution < -0.4 is 15.0 Å². The Kier molecular flexibility index (Phi) is 5.94. The monoisotopic (exact) mass is 434 g/mol. The molecule has 1 saturated heterocycles. The van der Waals surface area contributed by atoms with Gasteiger partial charge in [0.2, 0.25) is 0 Å². The highest BCUT2D eigenvalue weighted by Crippen LogP contribution is 2.31. The van der Waals surface area contributed by atoms with E-state index in [1.165, 1.54) is 17.0 Å². The van der Waals surface area contributed by atoms with Gasteiger partial charge in [0, 0.05) is 38.1 Å².